The molecule has 1 aliphatic rings. The summed E-state index contributed by atoms with van der Waals surface area (Å²) in [5, 5.41) is 70.4. The lowest BCUT2D eigenvalue weighted by molar-refractivity contribution is -0.143. The van der Waals surface area contributed by atoms with Crippen LogP contribution in [0.5, 0.6) is 5.75 Å². The lowest BCUT2D eigenvalue weighted by Crippen LogP contribution is -2.61. The fourth-order valence-corrected chi connectivity index (χ4v) is 12.9. The Morgan fingerprint density at radius 3 is 1.67 bits per heavy atom. The van der Waals surface area contributed by atoms with Gasteiger partial charge in [0.05, 0.1) is 25.8 Å². The number of aliphatic carboxylic acids is 1. The molecular formula is C77H102N22O16. The summed E-state index contributed by atoms with van der Waals surface area (Å²) in [6, 6.07) is 13.9. The summed E-state index contributed by atoms with van der Waals surface area (Å²) in [5.74, 6) is -14.6. The van der Waals surface area contributed by atoms with Gasteiger partial charge >= 0.3 is 5.97 Å². The van der Waals surface area contributed by atoms with Crippen LogP contribution < -0.4 is 86.3 Å². The number of primary amides is 1. The highest BCUT2D eigenvalue weighted by Crippen LogP contribution is 2.24. The Morgan fingerprint density at radius 2 is 1.07 bits per heavy atom. The highest BCUT2D eigenvalue weighted by molar-refractivity contribution is 6.01. The number of hydrogen-bond donors (Lipinski definition) is 22. The predicted molar refractivity (Wildman–Crippen MR) is 419 cm³/mol. The van der Waals surface area contributed by atoms with Crippen LogP contribution in [0.3, 0.4) is 0 Å². The maximum Gasteiger partial charge on any atom is 0.305 e. The van der Waals surface area contributed by atoms with E-state index in [1.807, 2.05) is 6.92 Å². The molecule has 2 aromatic heterocycles. The molecule has 6 aromatic rings. The van der Waals surface area contributed by atoms with E-state index >= 15 is 19.2 Å². The first-order chi connectivity index (χ1) is 54.8. The predicted octanol–water partition coefficient (Wildman–Crippen LogP) is -2.75. The molecule has 0 radical (unpaired) electrons. The van der Waals surface area contributed by atoms with Crippen molar-refractivity contribution in [2.75, 3.05) is 26.2 Å². The van der Waals surface area contributed by atoms with Gasteiger partial charge in [0.25, 0.3) is 0 Å². The zero-order valence-corrected chi connectivity index (χ0v) is 64.1. The molecular weight excluding hydrogens is 1490 g/mol. The van der Waals surface area contributed by atoms with Crippen LogP contribution in [0.15, 0.2) is 128 Å². The van der Waals surface area contributed by atoms with Crippen LogP contribution in [0.25, 0.3) is 10.9 Å². The number of nitrogens with one attached hydrogen (secondary N) is 17. The summed E-state index contributed by atoms with van der Waals surface area (Å²) >= 11 is 0. The van der Waals surface area contributed by atoms with Crippen LogP contribution in [-0.2, 0) is 99.2 Å². The molecule has 0 aliphatic carbocycles. The molecule has 0 spiro atoms. The molecule has 38 nitrogen and oxygen atoms in total. The quantitative estimate of drug-likeness (QED) is 0.0105. The number of carbonyl (C=O) groups excluding carboxylic acids is 13. The van der Waals surface area contributed by atoms with E-state index in [-0.39, 0.29) is 76.6 Å². The van der Waals surface area contributed by atoms with Crippen molar-refractivity contribution in [3.05, 3.63) is 156 Å². The Morgan fingerprint density at radius 1 is 0.548 bits per heavy atom. The van der Waals surface area contributed by atoms with E-state index in [1.54, 1.807) is 117 Å². The van der Waals surface area contributed by atoms with Gasteiger partial charge in [-0.05, 0) is 72.1 Å². The van der Waals surface area contributed by atoms with Crippen LogP contribution >= 0.6 is 0 Å². The van der Waals surface area contributed by atoms with Gasteiger partial charge in [0.1, 0.15) is 66.2 Å². The number of likely N-dealkylation sites (tertiary alicyclic amines) is 1. The molecule has 7 rings (SSSR count). The molecule has 616 valence electrons. The number of carboxylic acid groups (broad SMARTS) is 1. The van der Waals surface area contributed by atoms with E-state index in [4.69, 9.17) is 28.0 Å². The molecule has 25 N–H and O–H groups in total. The van der Waals surface area contributed by atoms with E-state index < -0.39 is 187 Å². The van der Waals surface area contributed by atoms with Gasteiger partial charge in [-0.2, -0.15) is 0 Å². The number of phenolic OH excluding ortho intramolecular Hbond substituents is 1. The molecule has 4 aromatic carbocycles. The summed E-state index contributed by atoms with van der Waals surface area (Å²) in [7, 11) is 0. The van der Waals surface area contributed by atoms with E-state index in [0.29, 0.717) is 51.7 Å². The normalized spacial score (nSPS) is 15.3. The number of hydrogen-bond acceptors (Lipinski definition) is 18. The van der Waals surface area contributed by atoms with Crippen molar-refractivity contribution >= 4 is 106 Å². The van der Waals surface area contributed by atoms with Crippen molar-refractivity contribution < 1.29 is 77.3 Å². The third-order valence-corrected chi connectivity index (χ3v) is 18.7. The number of para-hydroxylation sites is 1. The van der Waals surface area contributed by atoms with E-state index in [9.17, 15) is 58.2 Å². The van der Waals surface area contributed by atoms with Crippen molar-refractivity contribution in [1.29, 1.82) is 10.8 Å². The molecule has 13 amide bonds. The number of phenols is 1. The monoisotopic (exact) mass is 1590 g/mol. The standard InChI is InChI=1S/C77H102N22O16/c1-5-6-21-53(93-74(114)65(42(2)3)98-72(112)56(89-43(4)100)30-46-24-26-50(101)27-25-46)66(106)87-39-63(103)91-58(33-48-37-83-41-88-48)70(110)97-60(31-45-18-11-8-12-19-45)75(115)99-40-49(90-77(81)82)34-61(99)73(113)96-57(32-47-36-85-52-22-14-13-20-51(47)52)69(109)95-59(35-64(104)105)71(111)92-54(23-15-28-84-76(79)80)68(108)94-55(67(107)86-38-62(78)102)29-44-16-9-7-10-17-44/h7-14,16-20,22,24-27,36-37,41-42,49,53-61,65,85,101H,5-6,15,21,23,28-35,38-40H2,1-4H3,(H2,78,102)(H,83,88)(H,86,107)(H,87,106)(H,89,100)(H,91,103)(H,92,111)(H,93,114)(H,94,108)(H,95,109)(H,96,113)(H,97,110)(H,98,112)(H,104,105)(H4,79,80,84)(H4,81,82,90)/t49-,53+,54+,55+,56+,57+,58+,59+,60-,61+,65+/m1/s1. The summed E-state index contributed by atoms with van der Waals surface area (Å²) in [6.07, 6.45) is 2.85. The first kappa shape index (κ1) is 88.8. The van der Waals surface area contributed by atoms with Crippen LogP contribution in [-0.4, -0.2) is 217 Å². The molecule has 0 saturated carbocycles. The Kier molecular flexibility index (Phi) is 33.9. The average molecular weight is 1590 g/mol. The van der Waals surface area contributed by atoms with E-state index in [1.165, 1.54) is 31.6 Å². The minimum atomic E-state index is -1.99. The van der Waals surface area contributed by atoms with Crippen LogP contribution in [0.2, 0.25) is 0 Å². The average Bonchev–Trinajstić information content (AvgIpc) is 1.68. The third-order valence-electron chi connectivity index (χ3n) is 18.7. The van der Waals surface area contributed by atoms with E-state index in [2.05, 4.69) is 84.1 Å². The Balaban J connectivity index is 1.13. The highest BCUT2D eigenvalue weighted by atomic mass is 16.4. The molecule has 38 heteroatoms. The number of aromatic amines is 2. The molecule has 3 heterocycles. The lowest BCUT2D eigenvalue weighted by atomic mass is 10.00. The largest absolute Gasteiger partial charge is 0.508 e. The van der Waals surface area contributed by atoms with Crippen molar-refractivity contribution in [2.45, 2.75) is 171 Å². The molecule has 1 aliphatic heterocycles. The zero-order valence-electron chi connectivity index (χ0n) is 64.1. The number of unbranched alkanes of at least 4 members (excludes halogenated alkanes) is 1. The van der Waals surface area contributed by atoms with Gasteiger partial charge in [-0.3, -0.25) is 77.9 Å². The number of benzene rings is 4. The number of nitrogens with two attached hydrogens (primary N) is 3. The van der Waals surface area contributed by atoms with Gasteiger partial charge in [-0.1, -0.05) is 125 Å². The summed E-state index contributed by atoms with van der Waals surface area (Å²) in [4.78, 5) is 208. The number of carbonyl (C=O) groups is 14. The van der Waals surface area contributed by atoms with Gasteiger partial charge in [-0.15, -0.1) is 0 Å². The van der Waals surface area contributed by atoms with Crippen molar-refractivity contribution in [3.8, 4) is 5.75 Å². The molecule has 1 saturated heterocycles. The highest BCUT2D eigenvalue weighted by Gasteiger charge is 2.45. The first-order valence-corrected chi connectivity index (χ1v) is 37.5. The maximum atomic E-state index is 15.6. The van der Waals surface area contributed by atoms with Crippen LogP contribution in [0.4, 0.5) is 0 Å². The summed E-state index contributed by atoms with van der Waals surface area (Å²) in [6.45, 7) is 4.73. The minimum Gasteiger partial charge on any atom is -0.508 e. The maximum absolute atomic E-state index is 15.6. The first-order valence-electron chi connectivity index (χ1n) is 37.5. The number of imidazole rings is 1. The van der Waals surface area contributed by atoms with Gasteiger partial charge in [0.2, 0.25) is 76.8 Å². The smallest absolute Gasteiger partial charge is 0.305 e. The fraction of sp³-hybridized carbons (Fsp3) is 0.416. The second-order valence-corrected chi connectivity index (χ2v) is 28.2. The second kappa shape index (κ2) is 44.0. The van der Waals surface area contributed by atoms with Crippen molar-refractivity contribution in [3.63, 3.8) is 0 Å². The number of rotatable bonds is 44. The number of fused-ring (bicyclic) bond motifs is 1. The van der Waals surface area contributed by atoms with Gasteiger partial charge in [0.15, 0.2) is 11.9 Å². The fourth-order valence-electron chi connectivity index (χ4n) is 12.9. The van der Waals surface area contributed by atoms with Crippen molar-refractivity contribution in [2.24, 2.45) is 23.1 Å². The molecule has 0 bridgehead atoms. The summed E-state index contributed by atoms with van der Waals surface area (Å²) in [5.41, 5.74) is 19.7. The second-order valence-electron chi connectivity index (χ2n) is 28.2. The van der Waals surface area contributed by atoms with Gasteiger partial charge < -0.3 is 111 Å². The Bertz CT molecular complexity index is 4390. The number of carboxylic acids is 1. The Labute approximate surface area is 662 Å². The molecule has 1 fully saturated rings. The van der Waals surface area contributed by atoms with Crippen molar-refractivity contribution in [1.82, 2.24) is 89.0 Å². The number of amides is 13. The summed E-state index contributed by atoms with van der Waals surface area (Å²) < 4.78 is 0. The van der Waals surface area contributed by atoms with Crippen LogP contribution in [0, 0.1) is 16.7 Å². The van der Waals surface area contributed by atoms with Crippen LogP contribution in [0.1, 0.15) is 101 Å². The molecule has 115 heavy (non-hydrogen) atoms. The Hall–Kier alpha value is -13.5. The van der Waals surface area contributed by atoms with Gasteiger partial charge in [0, 0.05) is 87.1 Å². The van der Waals surface area contributed by atoms with Gasteiger partial charge in [-0.25, -0.2) is 4.98 Å². The molecule has 0 unspecified atom stereocenters. The number of H-pyrrole nitrogens is 2. The topological polar surface area (TPSA) is 609 Å². The number of aromatic nitrogens is 3. The lowest BCUT2D eigenvalue weighted by Gasteiger charge is -2.31. The number of aromatic hydroxyl groups is 1. The number of nitrogens with zero attached hydrogens (tertiary/aromatic N) is 2. The SMILES string of the molecule is CCCC[C@H](NC(=O)[C@@H](NC(=O)[C@H](Cc1ccc(O)cc1)NC(C)=O)C(C)C)C(=O)NCC(=O)N[C@@H](Cc1cnc[nH]1)C(=O)N[C@H](Cc1ccccc1)C(=O)N1C[C@H](NC(=N)N)C[C@H]1C(=O)N[C@@H](Cc1c[nH]c2ccccc12)C(=O)N[C@@H](CC(=O)O)C(=O)N[C@@H](CCCNC(=N)N)C(=O)N[C@@H](Cc1ccccc1)C(=O)NCC(N)=O. The van der Waals surface area contributed by atoms with E-state index in [0.717, 1.165) is 4.90 Å². The zero-order chi connectivity index (χ0) is 83.8. The molecule has 11 atom stereocenters. The minimum absolute atomic E-state index is 0.000808. The number of guanidine groups is 2. The third kappa shape index (κ3) is 28.7.